The highest BCUT2D eigenvalue weighted by Crippen LogP contribution is 2.08. The highest BCUT2D eigenvalue weighted by Gasteiger charge is 2.19. The maximum absolute atomic E-state index is 11.8. The number of amides is 1. The number of rotatable bonds is 36. The lowest BCUT2D eigenvalue weighted by molar-refractivity contribution is -0.138. The van der Waals surface area contributed by atoms with Crippen LogP contribution >= 0.6 is 0 Å². The normalized spacial score (nSPS) is 11.7. The van der Waals surface area contributed by atoms with Crippen molar-refractivity contribution in [3.05, 3.63) is 0 Å². The number of nitrogens with zero attached hydrogens (tertiary/aromatic N) is 1. The smallest absolute Gasteiger partial charge is 0.410 e. The van der Waals surface area contributed by atoms with Crippen LogP contribution in [0.2, 0.25) is 0 Å². The molecule has 0 saturated heterocycles. The number of carbonyl (C=O) groups is 2. The van der Waals surface area contributed by atoms with E-state index < -0.39 is 11.6 Å². The topological polar surface area (TPSA) is 168 Å². The Morgan fingerprint density at radius 1 is 0.447 bits per heavy atom. The first kappa shape index (κ1) is 45.3. The van der Waals surface area contributed by atoms with Crippen LogP contribution in [0, 0.1) is 0 Å². The number of aliphatic carboxylic acids is 1. The average molecular weight is 688 g/mol. The van der Waals surface area contributed by atoms with Crippen LogP contribution < -0.4 is 0 Å². The van der Waals surface area contributed by atoms with Crippen molar-refractivity contribution in [1.82, 2.24) is 4.90 Å². The molecule has 0 atom stereocenters. The summed E-state index contributed by atoms with van der Waals surface area (Å²) in [5.41, 5.74) is -0.514. The molecule has 0 saturated carbocycles. The van der Waals surface area contributed by atoms with E-state index in [9.17, 15) is 9.59 Å². The molecule has 0 aliphatic heterocycles. The summed E-state index contributed by atoms with van der Waals surface area (Å²) in [5.74, 6) is -0.877. The lowest BCUT2D eigenvalue weighted by atomic mass is 10.2. The Kier molecular flexibility index (Phi) is 32.9. The summed E-state index contributed by atoms with van der Waals surface area (Å²) >= 11 is 0. The molecule has 0 bridgehead atoms. The molecule has 1 N–H and O–H groups in total. The summed E-state index contributed by atoms with van der Waals surface area (Å²) in [4.78, 5) is 23.7. The summed E-state index contributed by atoms with van der Waals surface area (Å²) in [5, 5.41) is 8.49. The molecular formula is C31H61NO15. The SMILES string of the molecule is CN(CCOCCOCCOCCOCCOCCOCCOCCOCCOCCOCCOCCC(=O)O)C(=O)OC(C)(C)C. The molecular weight excluding hydrogens is 626 g/mol. The molecule has 16 nitrogen and oxygen atoms in total. The Labute approximate surface area is 280 Å². The van der Waals surface area contributed by atoms with E-state index in [0.29, 0.717) is 145 Å². The van der Waals surface area contributed by atoms with Gasteiger partial charge in [-0.05, 0) is 20.8 Å². The van der Waals surface area contributed by atoms with Gasteiger partial charge in [-0.2, -0.15) is 0 Å². The van der Waals surface area contributed by atoms with Gasteiger partial charge < -0.3 is 66.8 Å². The number of ether oxygens (including phenoxy) is 12. The summed E-state index contributed by atoms with van der Waals surface area (Å²) < 4.78 is 64.8. The van der Waals surface area contributed by atoms with Crippen LogP contribution in [-0.4, -0.2) is 187 Å². The fraction of sp³-hybridized carbons (Fsp3) is 0.935. The van der Waals surface area contributed by atoms with Crippen molar-refractivity contribution in [1.29, 1.82) is 0 Å². The molecule has 0 rings (SSSR count). The maximum Gasteiger partial charge on any atom is 0.410 e. The van der Waals surface area contributed by atoms with Gasteiger partial charge in [-0.25, -0.2) is 4.79 Å². The summed E-state index contributed by atoms with van der Waals surface area (Å²) in [6, 6.07) is 0. The standard InChI is InChI=1S/C31H61NO15/c1-31(2,3)47-30(35)32(4)6-8-37-10-12-39-14-16-41-18-20-43-22-24-45-26-28-46-27-25-44-23-21-42-19-17-40-15-13-38-11-9-36-7-5-29(33)34/h5-28H2,1-4H3,(H,33,34). The third-order valence-corrected chi connectivity index (χ3v) is 5.46. The summed E-state index contributed by atoms with van der Waals surface area (Å²) in [6.45, 7) is 15.8. The molecule has 0 aromatic heterocycles. The van der Waals surface area contributed by atoms with E-state index in [1.807, 2.05) is 20.8 Å². The summed E-state index contributed by atoms with van der Waals surface area (Å²) in [7, 11) is 1.68. The minimum absolute atomic E-state index is 0.00585. The van der Waals surface area contributed by atoms with E-state index >= 15 is 0 Å². The maximum atomic E-state index is 11.8. The Morgan fingerprint density at radius 3 is 0.915 bits per heavy atom. The van der Waals surface area contributed by atoms with Gasteiger partial charge in [-0.15, -0.1) is 0 Å². The lowest BCUT2D eigenvalue weighted by Crippen LogP contribution is -2.36. The Bertz CT molecular complexity index is 696. The van der Waals surface area contributed by atoms with Gasteiger partial charge in [0.1, 0.15) is 5.60 Å². The molecule has 0 aliphatic carbocycles. The molecule has 280 valence electrons. The van der Waals surface area contributed by atoms with Crippen LogP contribution in [-0.2, 0) is 61.6 Å². The van der Waals surface area contributed by atoms with Crippen LogP contribution in [0.4, 0.5) is 4.79 Å². The molecule has 1 amide bonds. The van der Waals surface area contributed by atoms with Crippen LogP contribution in [0.1, 0.15) is 27.2 Å². The molecule has 0 spiro atoms. The first-order valence-electron chi connectivity index (χ1n) is 16.2. The predicted molar refractivity (Wildman–Crippen MR) is 170 cm³/mol. The molecule has 0 aromatic carbocycles. The third kappa shape index (κ3) is 38.6. The van der Waals surface area contributed by atoms with Crippen LogP contribution in [0.25, 0.3) is 0 Å². The second-order valence-corrected chi connectivity index (χ2v) is 10.8. The van der Waals surface area contributed by atoms with E-state index in [1.165, 1.54) is 4.90 Å². The third-order valence-electron chi connectivity index (χ3n) is 5.46. The largest absolute Gasteiger partial charge is 0.481 e. The Hall–Kier alpha value is -1.70. The number of carbonyl (C=O) groups excluding carboxylic acids is 1. The number of likely N-dealkylation sites (N-methyl/N-ethyl adjacent to an activating group) is 1. The van der Waals surface area contributed by atoms with Crippen molar-refractivity contribution in [2.75, 3.05) is 159 Å². The highest BCUT2D eigenvalue weighted by atomic mass is 16.6. The molecule has 16 heteroatoms. The van der Waals surface area contributed by atoms with E-state index in [0.717, 1.165) is 0 Å². The molecule has 0 fully saturated rings. The van der Waals surface area contributed by atoms with E-state index in [1.54, 1.807) is 7.05 Å². The van der Waals surface area contributed by atoms with Crippen molar-refractivity contribution in [2.24, 2.45) is 0 Å². The van der Waals surface area contributed by atoms with Crippen molar-refractivity contribution in [2.45, 2.75) is 32.8 Å². The Morgan fingerprint density at radius 2 is 0.681 bits per heavy atom. The number of hydrogen-bond donors (Lipinski definition) is 1. The molecule has 0 radical (unpaired) electrons. The van der Waals surface area contributed by atoms with Gasteiger partial charge in [0, 0.05) is 13.6 Å². The zero-order valence-electron chi connectivity index (χ0n) is 29.1. The van der Waals surface area contributed by atoms with Crippen LogP contribution in [0.5, 0.6) is 0 Å². The van der Waals surface area contributed by atoms with Crippen molar-refractivity contribution < 1.29 is 71.5 Å². The van der Waals surface area contributed by atoms with Gasteiger partial charge in [0.25, 0.3) is 0 Å². The zero-order valence-corrected chi connectivity index (χ0v) is 29.1. The van der Waals surface area contributed by atoms with Gasteiger partial charge in [-0.3, -0.25) is 4.79 Å². The second kappa shape index (κ2) is 34.2. The van der Waals surface area contributed by atoms with Gasteiger partial charge in [-0.1, -0.05) is 0 Å². The fourth-order valence-corrected chi connectivity index (χ4v) is 3.09. The quantitative estimate of drug-likeness (QED) is 0.0941. The summed E-state index contributed by atoms with van der Waals surface area (Å²) in [6.07, 6.45) is -0.375. The van der Waals surface area contributed by atoms with E-state index in [4.69, 9.17) is 61.9 Å². The van der Waals surface area contributed by atoms with Gasteiger partial charge in [0.2, 0.25) is 0 Å². The minimum Gasteiger partial charge on any atom is -0.481 e. The van der Waals surface area contributed by atoms with Crippen molar-refractivity contribution in [3.8, 4) is 0 Å². The van der Waals surface area contributed by atoms with Crippen molar-refractivity contribution in [3.63, 3.8) is 0 Å². The Balaban J connectivity index is 3.14. The first-order chi connectivity index (χ1) is 22.7. The molecule has 0 aliphatic rings. The number of carboxylic acids is 1. The van der Waals surface area contributed by atoms with E-state index in [-0.39, 0.29) is 19.1 Å². The van der Waals surface area contributed by atoms with Crippen molar-refractivity contribution >= 4 is 12.1 Å². The molecule has 0 aromatic rings. The number of carboxylic acid groups (broad SMARTS) is 1. The van der Waals surface area contributed by atoms with Gasteiger partial charge >= 0.3 is 12.1 Å². The van der Waals surface area contributed by atoms with Crippen LogP contribution in [0.15, 0.2) is 0 Å². The monoisotopic (exact) mass is 687 g/mol. The van der Waals surface area contributed by atoms with E-state index in [2.05, 4.69) is 0 Å². The van der Waals surface area contributed by atoms with Gasteiger partial charge in [0.15, 0.2) is 0 Å². The first-order valence-corrected chi connectivity index (χ1v) is 16.2. The lowest BCUT2D eigenvalue weighted by Gasteiger charge is -2.24. The molecule has 0 heterocycles. The molecule has 0 unspecified atom stereocenters. The fourth-order valence-electron chi connectivity index (χ4n) is 3.09. The number of hydrogen-bond acceptors (Lipinski definition) is 14. The van der Waals surface area contributed by atoms with Crippen LogP contribution in [0.3, 0.4) is 0 Å². The highest BCUT2D eigenvalue weighted by molar-refractivity contribution is 5.67. The van der Waals surface area contributed by atoms with Gasteiger partial charge in [0.05, 0.1) is 152 Å². The zero-order chi connectivity index (χ0) is 34.7. The minimum atomic E-state index is -0.877. The second-order valence-electron chi connectivity index (χ2n) is 10.8. The predicted octanol–water partition coefficient (Wildman–Crippen LogP) is 1.51. The molecule has 47 heavy (non-hydrogen) atoms. The average Bonchev–Trinajstić information content (AvgIpc) is 3.01.